The van der Waals surface area contributed by atoms with E-state index in [0.29, 0.717) is 37.2 Å². The van der Waals surface area contributed by atoms with Crippen LogP contribution in [0.5, 0.6) is 0 Å². The second-order valence-electron chi connectivity index (χ2n) is 6.61. The highest BCUT2D eigenvalue weighted by Gasteiger charge is 2.24. The van der Waals surface area contributed by atoms with Crippen LogP contribution < -0.4 is 16.6 Å². The molecule has 3 rings (SSSR count). The van der Waals surface area contributed by atoms with Crippen LogP contribution in [0.4, 0.5) is 0 Å². The van der Waals surface area contributed by atoms with E-state index in [2.05, 4.69) is 5.32 Å². The van der Waals surface area contributed by atoms with E-state index in [1.165, 1.54) is 8.87 Å². The summed E-state index contributed by atoms with van der Waals surface area (Å²) >= 11 is 0. The summed E-state index contributed by atoms with van der Waals surface area (Å²) in [7, 11) is -3.49. The molecule has 158 valence electrons. The highest BCUT2D eigenvalue weighted by atomic mass is 32.2. The topological polar surface area (TPSA) is 120 Å². The van der Waals surface area contributed by atoms with Gasteiger partial charge in [-0.3, -0.25) is 18.7 Å². The maximum Gasteiger partial charge on any atom is 0.331 e. The highest BCUT2D eigenvalue weighted by molar-refractivity contribution is 7.89. The third-order valence-electron chi connectivity index (χ3n) is 4.80. The fraction of sp³-hybridized carbons (Fsp3) is 0.500. The number of nitrogens with one attached hydrogen (secondary N) is 1. The zero-order valence-corrected chi connectivity index (χ0v) is 17.0. The van der Waals surface area contributed by atoms with E-state index < -0.39 is 27.2 Å². The lowest BCUT2D eigenvalue weighted by molar-refractivity contribution is -0.121. The molecule has 1 aliphatic heterocycles. The average molecular weight is 424 g/mol. The summed E-state index contributed by atoms with van der Waals surface area (Å²) in [5.74, 6) is -0.737. The van der Waals surface area contributed by atoms with Crippen molar-refractivity contribution in [2.24, 2.45) is 0 Å². The third kappa shape index (κ3) is 4.57. The predicted molar refractivity (Wildman–Crippen MR) is 107 cm³/mol. The minimum absolute atomic E-state index is 0.0708. The van der Waals surface area contributed by atoms with Gasteiger partial charge in [0, 0.05) is 26.2 Å². The SMILES string of the molecule is CCn1c(=O)c2ccccc2n(CC(=O)NCCS(=O)(=O)N2CCOCC2)c1=O. The molecule has 0 saturated carbocycles. The van der Waals surface area contributed by atoms with Gasteiger partial charge in [-0.1, -0.05) is 12.1 Å². The summed E-state index contributed by atoms with van der Waals surface area (Å²) in [5.41, 5.74) is -0.614. The Balaban J connectivity index is 1.72. The van der Waals surface area contributed by atoms with E-state index >= 15 is 0 Å². The summed E-state index contributed by atoms with van der Waals surface area (Å²) in [6.07, 6.45) is 0. The molecule has 29 heavy (non-hydrogen) atoms. The molecular formula is C18H24N4O6S. The van der Waals surface area contributed by atoms with Gasteiger partial charge in [0.15, 0.2) is 0 Å². The van der Waals surface area contributed by atoms with Crippen molar-refractivity contribution >= 4 is 26.8 Å². The Kier molecular flexibility index (Phi) is 6.50. The minimum Gasteiger partial charge on any atom is -0.379 e. The minimum atomic E-state index is -3.49. The zero-order valence-electron chi connectivity index (χ0n) is 16.2. The van der Waals surface area contributed by atoms with Crippen molar-refractivity contribution in [3.8, 4) is 0 Å². The molecule has 0 unspecified atom stereocenters. The molecule has 0 aliphatic carbocycles. The lowest BCUT2D eigenvalue weighted by Gasteiger charge is -2.26. The molecule has 11 heteroatoms. The van der Waals surface area contributed by atoms with Crippen LogP contribution in [0.3, 0.4) is 0 Å². The number of para-hydroxylation sites is 1. The number of nitrogens with zero attached hydrogens (tertiary/aromatic N) is 3. The molecule has 2 aromatic rings. The van der Waals surface area contributed by atoms with Crippen LogP contribution in [0.25, 0.3) is 10.9 Å². The number of hydrogen-bond acceptors (Lipinski definition) is 6. The molecule has 0 radical (unpaired) electrons. The molecule has 0 spiro atoms. The molecule has 1 aromatic heterocycles. The molecule has 1 amide bonds. The smallest absolute Gasteiger partial charge is 0.331 e. The van der Waals surface area contributed by atoms with E-state index in [4.69, 9.17) is 4.74 Å². The third-order valence-corrected chi connectivity index (χ3v) is 6.67. The zero-order chi connectivity index (χ0) is 21.0. The monoisotopic (exact) mass is 424 g/mol. The number of carbonyl (C=O) groups excluding carboxylic acids is 1. The number of aromatic nitrogens is 2. The number of sulfonamides is 1. The van der Waals surface area contributed by atoms with Crippen LogP contribution >= 0.6 is 0 Å². The van der Waals surface area contributed by atoms with Gasteiger partial charge in [-0.25, -0.2) is 13.2 Å². The maximum atomic E-state index is 12.6. The number of fused-ring (bicyclic) bond motifs is 1. The summed E-state index contributed by atoms with van der Waals surface area (Å²) in [4.78, 5) is 37.4. The van der Waals surface area contributed by atoms with Gasteiger partial charge in [0.1, 0.15) is 6.54 Å². The van der Waals surface area contributed by atoms with Crippen LogP contribution in [0.1, 0.15) is 6.92 Å². The molecule has 1 aromatic carbocycles. The van der Waals surface area contributed by atoms with Crippen molar-refractivity contribution < 1.29 is 17.9 Å². The van der Waals surface area contributed by atoms with E-state index in [1.54, 1.807) is 31.2 Å². The Bertz CT molecular complexity index is 1120. The average Bonchev–Trinajstić information content (AvgIpc) is 2.72. The lowest BCUT2D eigenvalue weighted by atomic mass is 10.2. The van der Waals surface area contributed by atoms with Gasteiger partial charge in [-0.2, -0.15) is 4.31 Å². The van der Waals surface area contributed by atoms with Gasteiger partial charge in [-0.15, -0.1) is 0 Å². The van der Waals surface area contributed by atoms with Crippen LogP contribution in [-0.2, 0) is 32.6 Å². The quantitative estimate of drug-likeness (QED) is 0.606. The van der Waals surface area contributed by atoms with Crippen molar-refractivity contribution in [1.82, 2.24) is 18.8 Å². The summed E-state index contributed by atoms with van der Waals surface area (Å²) < 4.78 is 33.4. The number of carbonyl (C=O) groups is 1. The molecule has 0 atom stereocenters. The number of hydrogen-bond donors (Lipinski definition) is 1. The predicted octanol–water partition coefficient (Wildman–Crippen LogP) is -1.04. The Morgan fingerprint density at radius 1 is 1.14 bits per heavy atom. The van der Waals surface area contributed by atoms with Crippen LogP contribution in [0, 0.1) is 0 Å². The summed E-state index contributed by atoms with van der Waals surface area (Å²) in [6.45, 7) is 2.80. The van der Waals surface area contributed by atoms with Gasteiger partial charge in [-0.05, 0) is 19.1 Å². The van der Waals surface area contributed by atoms with Crippen molar-refractivity contribution in [3.63, 3.8) is 0 Å². The molecule has 1 saturated heterocycles. The first-order valence-corrected chi connectivity index (χ1v) is 11.0. The van der Waals surface area contributed by atoms with Crippen molar-refractivity contribution in [2.75, 3.05) is 38.6 Å². The first-order valence-electron chi connectivity index (χ1n) is 9.40. The van der Waals surface area contributed by atoms with Gasteiger partial charge in [0.2, 0.25) is 15.9 Å². The number of rotatable bonds is 7. The number of benzene rings is 1. The number of morpholine rings is 1. The normalized spacial score (nSPS) is 15.5. The van der Waals surface area contributed by atoms with Crippen LogP contribution in [-0.4, -0.2) is 66.4 Å². The lowest BCUT2D eigenvalue weighted by Crippen LogP contribution is -2.45. The Labute approximate surface area is 167 Å². The fourth-order valence-corrected chi connectivity index (χ4v) is 4.60. The Morgan fingerprint density at radius 3 is 2.52 bits per heavy atom. The Hall–Kier alpha value is -2.50. The molecule has 0 bridgehead atoms. The molecular weight excluding hydrogens is 400 g/mol. The largest absolute Gasteiger partial charge is 0.379 e. The van der Waals surface area contributed by atoms with E-state index in [1.807, 2.05) is 0 Å². The van der Waals surface area contributed by atoms with Gasteiger partial charge < -0.3 is 10.1 Å². The van der Waals surface area contributed by atoms with E-state index in [-0.39, 0.29) is 25.4 Å². The molecule has 10 nitrogen and oxygen atoms in total. The van der Waals surface area contributed by atoms with E-state index in [9.17, 15) is 22.8 Å². The molecule has 2 heterocycles. The fourth-order valence-electron chi connectivity index (χ4n) is 3.28. The molecule has 1 N–H and O–H groups in total. The number of amides is 1. The second kappa shape index (κ2) is 8.89. The first kappa shape index (κ1) is 21.2. The highest BCUT2D eigenvalue weighted by Crippen LogP contribution is 2.08. The van der Waals surface area contributed by atoms with Gasteiger partial charge in [0.25, 0.3) is 5.56 Å². The standard InChI is InChI=1S/C18H24N4O6S/c1-2-21-17(24)14-5-3-4-6-15(14)22(18(21)25)13-16(23)19-7-12-29(26,27)20-8-10-28-11-9-20/h3-6H,2,7-13H2,1H3,(H,19,23). The van der Waals surface area contributed by atoms with Gasteiger partial charge in [0.05, 0.1) is 29.9 Å². The van der Waals surface area contributed by atoms with Crippen molar-refractivity contribution in [2.45, 2.75) is 20.0 Å². The van der Waals surface area contributed by atoms with Crippen LogP contribution in [0.2, 0.25) is 0 Å². The summed E-state index contributed by atoms with van der Waals surface area (Å²) in [5, 5.41) is 2.89. The van der Waals surface area contributed by atoms with Crippen LogP contribution in [0.15, 0.2) is 33.9 Å². The molecule has 1 fully saturated rings. The van der Waals surface area contributed by atoms with Crippen molar-refractivity contribution in [1.29, 1.82) is 0 Å². The first-order chi connectivity index (χ1) is 13.8. The Morgan fingerprint density at radius 2 is 1.83 bits per heavy atom. The van der Waals surface area contributed by atoms with Gasteiger partial charge >= 0.3 is 5.69 Å². The number of ether oxygens (including phenoxy) is 1. The second-order valence-corrected chi connectivity index (χ2v) is 8.70. The maximum absolute atomic E-state index is 12.6. The van der Waals surface area contributed by atoms with E-state index in [0.717, 1.165) is 4.57 Å². The summed E-state index contributed by atoms with van der Waals surface area (Å²) in [6, 6.07) is 6.58. The van der Waals surface area contributed by atoms with Crippen molar-refractivity contribution in [3.05, 3.63) is 45.1 Å². The molecule has 1 aliphatic rings.